The quantitative estimate of drug-likeness (QED) is 0.728. The molecule has 0 saturated heterocycles. The van der Waals surface area contributed by atoms with Gasteiger partial charge in [-0.05, 0) is 35.8 Å². The van der Waals surface area contributed by atoms with Crippen molar-refractivity contribution >= 4 is 12.6 Å². The van der Waals surface area contributed by atoms with Gasteiger partial charge in [-0.25, -0.2) is 0 Å². The molecule has 1 aromatic rings. The molecule has 0 aliphatic carbocycles. The van der Waals surface area contributed by atoms with Gasteiger partial charge in [-0.1, -0.05) is 19.1 Å². The Labute approximate surface area is 85.5 Å². The maximum atomic E-state index is 5.25. The van der Waals surface area contributed by atoms with E-state index in [-0.39, 0.29) is 0 Å². The molecule has 13 heavy (non-hydrogen) atoms. The van der Waals surface area contributed by atoms with Crippen molar-refractivity contribution in [1.82, 2.24) is 0 Å². The van der Waals surface area contributed by atoms with E-state index in [1.165, 1.54) is 11.1 Å². The van der Waals surface area contributed by atoms with Gasteiger partial charge in [0.05, 0.1) is 7.11 Å². The van der Waals surface area contributed by atoms with E-state index >= 15 is 0 Å². The molecule has 0 fully saturated rings. The van der Waals surface area contributed by atoms with Crippen LogP contribution in [0.25, 0.3) is 0 Å². The SMILES string of the molecule is CCc1cc(CCS)ccc1OC. The van der Waals surface area contributed by atoms with Crippen molar-refractivity contribution in [3.8, 4) is 5.75 Å². The lowest BCUT2D eigenvalue weighted by atomic mass is 10.1. The fraction of sp³-hybridized carbons (Fsp3) is 0.455. The van der Waals surface area contributed by atoms with Crippen LogP contribution in [0.3, 0.4) is 0 Å². The number of methoxy groups -OCH3 is 1. The Bertz CT molecular complexity index is 271. The van der Waals surface area contributed by atoms with Crippen LogP contribution in [0.2, 0.25) is 0 Å². The molecule has 0 aromatic heterocycles. The second-order valence-corrected chi connectivity index (χ2v) is 3.42. The summed E-state index contributed by atoms with van der Waals surface area (Å²) >= 11 is 4.21. The van der Waals surface area contributed by atoms with Gasteiger partial charge in [0.25, 0.3) is 0 Å². The molecule has 72 valence electrons. The van der Waals surface area contributed by atoms with E-state index in [4.69, 9.17) is 4.74 Å². The first-order valence-electron chi connectivity index (χ1n) is 4.58. The highest BCUT2D eigenvalue weighted by Gasteiger charge is 2.01. The highest BCUT2D eigenvalue weighted by molar-refractivity contribution is 7.80. The van der Waals surface area contributed by atoms with E-state index in [2.05, 4.69) is 31.7 Å². The summed E-state index contributed by atoms with van der Waals surface area (Å²) in [5.74, 6) is 1.89. The highest BCUT2D eigenvalue weighted by atomic mass is 32.1. The van der Waals surface area contributed by atoms with E-state index in [9.17, 15) is 0 Å². The van der Waals surface area contributed by atoms with Gasteiger partial charge in [-0.3, -0.25) is 0 Å². The number of ether oxygens (including phenoxy) is 1. The molecule has 0 radical (unpaired) electrons. The Morgan fingerprint density at radius 1 is 1.38 bits per heavy atom. The molecule has 1 rings (SSSR count). The van der Waals surface area contributed by atoms with Crippen LogP contribution in [-0.2, 0) is 12.8 Å². The Morgan fingerprint density at radius 2 is 2.15 bits per heavy atom. The van der Waals surface area contributed by atoms with Gasteiger partial charge in [-0.15, -0.1) is 0 Å². The molecular weight excluding hydrogens is 180 g/mol. The standard InChI is InChI=1S/C11H16OS/c1-3-10-8-9(6-7-13)4-5-11(10)12-2/h4-5,8,13H,3,6-7H2,1-2H3. The average molecular weight is 196 g/mol. The lowest BCUT2D eigenvalue weighted by Crippen LogP contribution is -1.93. The van der Waals surface area contributed by atoms with Crippen LogP contribution < -0.4 is 4.74 Å². The van der Waals surface area contributed by atoms with E-state index in [0.717, 1.165) is 24.3 Å². The molecule has 0 unspecified atom stereocenters. The van der Waals surface area contributed by atoms with Gasteiger partial charge in [0.15, 0.2) is 0 Å². The zero-order chi connectivity index (χ0) is 9.68. The topological polar surface area (TPSA) is 9.23 Å². The molecule has 0 spiro atoms. The number of hydrogen-bond donors (Lipinski definition) is 1. The third kappa shape index (κ3) is 2.66. The lowest BCUT2D eigenvalue weighted by molar-refractivity contribution is 0.410. The van der Waals surface area contributed by atoms with Gasteiger partial charge in [-0.2, -0.15) is 12.6 Å². The van der Waals surface area contributed by atoms with Crippen LogP contribution in [0.1, 0.15) is 18.1 Å². The van der Waals surface area contributed by atoms with Crippen molar-refractivity contribution in [2.75, 3.05) is 12.9 Å². The maximum Gasteiger partial charge on any atom is 0.122 e. The lowest BCUT2D eigenvalue weighted by Gasteiger charge is -2.08. The molecule has 0 amide bonds. The first-order valence-corrected chi connectivity index (χ1v) is 5.21. The molecule has 1 aromatic carbocycles. The Morgan fingerprint density at radius 3 is 2.69 bits per heavy atom. The summed E-state index contributed by atoms with van der Waals surface area (Å²) < 4.78 is 5.25. The van der Waals surface area contributed by atoms with Crippen molar-refractivity contribution in [3.63, 3.8) is 0 Å². The minimum Gasteiger partial charge on any atom is -0.496 e. The molecule has 2 heteroatoms. The molecule has 0 aliphatic heterocycles. The van der Waals surface area contributed by atoms with Crippen molar-refractivity contribution in [2.24, 2.45) is 0 Å². The number of rotatable bonds is 4. The summed E-state index contributed by atoms with van der Waals surface area (Å²) in [7, 11) is 1.72. The van der Waals surface area contributed by atoms with E-state index in [1.54, 1.807) is 7.11 Å². The Kier molecular flexibility index (Phi) is 4.16. The summed E-state index contributed by atoms with van der Waals surface area (Å²) in [6.45, 7) is 2.14. The minimum atomic E-state index is 0.898. The number of hydrogen-bond acceptors (Lipinski definition) is 2. The number of aryl methyl sites for hydroxylation is 2. The van der Waals surface area contributed by atoms with Crippen LogP contribution in [0.4, 0.5) is 0 Å². The van der Waals surface area contributed by atoms with Gasteiger partial charge in [0, 0.05) is 0 Å². The zero-order valence-corrected chi connectivity index (χ0v) is 9.10. The molecule has 0 atom stereocenters. The summed E-state index contributed by atoms with van der Waals surface area (Å²) in [6, 6.07) is 6.35. The Hall–Kier alpha value is -0.630. The van der Waals surface area contributed by atoms with Gasteiger partial charge in [0.2, 0.25) is 0 Å². The van der Waals surface area contributed by atoms with Crippen LogP contribution in [0, 0.1) is 0 Å². The number of benzene rings is 1. The molecule has 0 bridgehead atoms. The predicted molar refractivity (Wildman–Crippen MR) is 59.9 cm³/mol. The first-order chi connectivity index (χ1) is 6.31. The normalized spacial score (nSPS) is 10.1. The fourth-order valence-corrected chi connectivity index (χ4v) is 1.65. The summed E-state index contributed by atoms with van der Waals surface area (Å²) in [6.07, 6.45) is 2.05. The minimum absolute atomic E-state index is 0.898. The molecule has 0 aliphatic rings. The predicted octanol–water partition coefficient (Wildman–Crippen LogP) is 2.73. The zero-order valence-electron chi connectivity index (χ0n) is 8.21. The molecular formula is C11H16OS. The maximum absolute atomic E-state index is 5.25. The average Bonchev–Trinajstić information content (AvgIpc) is 2.18. The van der Waals surface area contributed by atoms with Crippen molar-refractivity contribution < 1.29 is 4.74 Å². The molecule has 0 saturated carbocycles. The van der Waals surface area contributed by atoms with Crippen LogP contribution in [-0.4, -0.2) is 12.9 Å². The van der Waals surface area contributed by atoms with Crippen LogP contribution >= 0.6 is 12.6 Å². The van der Waals surface area contributed by atoms with Crippen LogP contribution in [0.5, 0.6) is 5.75 Å². The van der Waals surface area contributed by atoms with Gasteiger partial charge >= 0.3 is 0 Å². The second-order valence-electron chi connectivity index (χ2n) is 2.97. The third-order valence-corrected chi connectivity index (χ3v) is 2.35. The first kappa shape index (κ1) is 10.5. The Balaban J connectivity index is 2.91. The van der Waals surface area contributed by atoms with Gasteiger partial charge in [0.1, 0.15) is 5.75 Å². The molecule has 0 heterocycles. The van der Waals surface area contributed by atoms with E-state index in [0.29, 0.717) is 0 Å². The molecule has 1 nitrogen and oxygen atoms in total. The largest absolute Gasteiger partial charge is 0.496 e. The second kappa shape index (κ2) is 5.18. The fourth-order valence-electron chi connectivity index (χ4n) is 1.39. The van der Waals surface area contributed by atoms with E-state index < -0.39 is 0 Å². The summed E-state index contributed by atoms with van der Waals surface area (Å²) in [5, 5.41) is 0. The molecule has 0 N–H and O–H groups in total. The number of thiol groups is 1. The highest BCUT2D eigenvalue weighted by Crippen LogP contribution is 2.20. The van der Waals surface area contributed by atoms with Crippen molar-refractivity contribution in [3.05, 3.63) is 29.3 Å². The summed E-state index contributed by atoms with van der Waals surface area (Å²) in [4.78, 5) is 0. The summed E-state index contributed by atoms with van der Waals surface area (Å²) in [5.41, 5.74) is 2.62. The van der Waals surface area contributed by atoms with Crippen LogP contribution in [0.15, 0.2) is 18.2 Å². The van der Waals surface area contributed by atoms with Crippen molar-refractivity contribution in [1.29, 1.82) is 0 Å². The monoisotopic (exact) mass is 196 g/mol. The smallest absolute Gasteiger partial charge is 0.122 e. The third-order valence-electron chi connectivity index (χ3n) is 2.13. The van der Waals surface area contributed by atoms with Gasteiger partial charge < -0.3 is 4.74 Å². The van der Waals surface area contributed by atoms with E-state index in [1.807, 2.05) is 6.07 Å². The van der Waals surface area contributed by atoms with Crippen molar-refractivity contribution in [2.45, 2.75) is 19.8 Å².